The minimum absolute atomic E-state index is 0.481. The fourth-order valence-electron chi connectivity index (χ4n) is 1.39. The minimum atomic E-state index is -1.38. The second kappa shape index (κ2) is 5.43. The van der Waals surface area contributed by atoms with E-state index in [0.717, 1.165) is 0 Å². The van der Waals surface area contributed by atoms with Gasteiger partial charge < -0.3 is 29.9 Å². The van der Waals surface area contributed by atoms with Crippen LogP contribution in [0.5, 0.6) is 0 Å². The molecule has 15 heavy (non-hydrogen) atoms. The monoisotopic (exact) mass is 220 g/mol. The Morgan fingerprint density at radius 3 is 2.47 bits per heavy atom. The summed E-state index contributed by atoms with van der Waals surface area (Å²) in [6, 6.07) is 0. The standard InChI is InChI=1S/C9H16O6/c1-2-3-14-8-7(12)6(11)5(4-10)15-9(8)13/h2-3,5-13H,4H2,1H3/t5-,6-,7+,8+,9+/m1/s1. The summed E-state index contributed by atoms with van der Waals surface area (Å²) in [5.41, 5.74) is 0. The van der Waals surface area contributed by atoms with Gasteiger partial charge in [-0.05, 0) is 6.92 Å². The third-order valence-electron chi connectivity index (χ3n) is 2.21. The smallest absolute Gasteiger partial charge is 0.195 e. The molecule has 1 rings (SSSR count). The molecule has 1 fully saturated rings. The maximum Gasteiger partial charge on any atom is 0.195 e. The van der Waals surface area contributed by atoms with E-state index >= 15 is 0 Å². The molecule has 0 aromatic rings. The molecule has 1 saturated heterocycles. The molecule has 1 aliphatic heterocycles. The molecule has 0 aromatic carbocycles. The van der Waals surface area contributed by atoms with Crippen molar-refractivity contribution in [3.63, 3.8) is 0 Å². The predicted octanol–water partition coefficient (Wildman–Crippen LogP) is -1.66. The molecule has 1 heterocycles. The topological polar surface area (TPSA) is 99.4 Å². The van der Waals surface area contributed by atoms with Gasteiger partial charge in [-0.3, -0.25) is 0 Å². The highest BCUT2D eigenvalue weighted by atomic mass is 16.7. The van der Waals surface area contributed by atoms with Crippen molar-refractivity contribution in [2.45, 2.75) is 37.6 Å². The van der Waals surface area contributed by atoms with Crippen LogP contribution in [0.3, 0.4) is 0 Å². The summed E-state index contributed by atoms with van der Waals surface area (Å²) >= 11 is 0. The van der Waals surface area contributed by atoms with Crippen LogP contribution in [0.25, 0.3) is 0 Å². The van der Waals surface area contributed by atoms with Crippen LogP contribution < -0.4 is 0 Å². The van der Waals surface area contributed by atoms with E-state index in [-0.39, 0.29) is 0 Å². The maximum atomic E-state index is 9.58. The SMILES string of the molecule is CC=CO[C@H]1[C@@H](O)[C@H](O)[C@@H](CO)O[C@@H]1O. The highest BCUT2D eigenvalue weighted by molar-refractivity contribution is 4.90. The van der Waals surface area contributed by atoms with Crippen LogP contribution in [0.2, 0.25) is 0 Å². The molecule has 0 unspecified atom stereocenters. The summed E-state index contributed by atoms with van der Waals surface area (Å²) in [5, 5.41) is 37.3. The van der Waals surface area contributed by atoms with E-state index in [1.165, 1.54) is 6.26 Å². The van der Waals surface area contributed by atoms with Gasteiger partial charge in [-0.15, -0.1) is 0 Å². The largest absolute Gasteiger partial charge is 0.490 e. The summed E-state index contributed by atoms with van der Waals surface area (Å²) in [6.45, 7) is 1.22. The highest BCUT2D eigenvalue weighted by Gasteiger charge is 2.44. The molecule has 5 atom stereocenters. The molecule has 0 bridgehead atoms. The van der Waals surface area contributed by atoms with Crippen molar-refractivity contribution in [1.82, 2.24) is 0 Å². The average molecular weight is 220 g/mol. The normalized spacial score (nSPS) is 42.1. The Kier molecular flexibility index (Phi) is 4.49. The molecular weight excluding hydrogens is 204 g/mol. The van der Waals surface area contributed by atoms with Crippen LogP contribution in [0.4, 0.5) is 0 Å². The lowest BCUT2D eigenvalue weighted by atomic mass is 9.99. The first-order valence-corrected chi connectivity index (χ1v) is 4.69. The van der Waals surface area contributed by atoms with E-state index in [9.17, 15) is 15.3 Å². The van der Waals surface area contributed by atoms with Crippen LogP contribution in [0.1, 0.15) is 6.92 Å². The van der Waals surface area contributed by atoms with Crippen molar-refractivity contribution in [3.8, 4) is 0 Å². The zero-order valence-electron chi connectivity index (χ0n) is 8.35. The van der Waals surface area contributed by atoms with Crippen molar-refractivity contribution in [2.24, 2.45) is 0 Å². The third-order valence-corrected chi connectivity index (χ3v) is 2.21. The molecule has 1 aliphatic rings. The summed E-state index contributed by atoms with van der Waals surface area (Å²) in [5.74, 6) is 0. The molecule has 6 heteroatoms. The first-order chi connectivity index (χ1) is 7.11. The Hall–Kier alpha value is -0.660. The Labute approximate surface area is 87.4 Å². The van der Waals surface area contributed by atoms with Gasteiger partial charge in [0.15, 0.2) is 12.4 Å². The average Bonchev–Trinajstić information content (AvgIpc) is 2.23. The van der Waals surface area contributed by atoms with E-state index in [2.05, 4.69) is 0 Å². The fourth-order valence-corrected chi connectivity index (χ4v) is 1.39. The minimum Gasteiger partial charge on any atom is -0.490 e. The van der Waals surface area contributed by atoms with Gasteiger partial charge in [0.1, 0.15) is 18.3 Å². The zero-order chi connectivity index (χ0) is 11.4. The number of aliphatic hydroxyl groups excluding tert-OH is 4. The number of allylic oxidation sites excluding steroid dienone is 1. The van der Waals surface area contributed by atoms with Gasteiger partial charge in [0.2, 0.25) is 0 Å². The van der Waals surface area contributed by atoms with E-state index in [1.54, 1.807) is 13.0 Å². The summed E-state index contributed by atoms with van der Waals surface area (Å²) < 4.78 is 9.84. The van der Waals surface area contributed by atoms with Crippen molar-refractivity contribution in [2.75, 3.05) is 6.61 Å². The molecule has 0 saturated carbocycles. The fraction of sp³-hybridized carbons (Fsp3) is 0.778. The van der Waals surface area contributed by atoms with Gasteiger partial charge in [0.05, 0.1) is 12.9 Å². The Bertz CT molecular complexity index is 219. The highest BCUT2D eigenvalue weighted by Crippen LogP contribution is 2.22. The van der Waals surface area contributed by atoms with Gasteiger partial charge in [0.25, 0.3) is 0 Å². The third kappa shape index (κ3) is 2.67. The molecule has 4 N–H and O–H groups in total. The van der Waals surface area contributed by atoms with Gasteiger partial charge in [-0.2, -0.15) is 0 Å². The van der Waals surface area contributed by atoms with Crippen LogP contribution >= 0.6 is 0 Å². The Balaban J connectivity index is 2.65. The first kappa shape index (κ1) is 12.4. The molecule has 0 amide bonds. The van der Waals surface area contributed by atoms with Crippen LogP contribution in [0.15, 0.2) is 12.3 Å². The van der Waals surface area contributed by atoms with Gasteiger partial charge >= 0.3 is 0 Å². The first-order valence-electron chi connectivity index (χ1n) is 4.69. The van der Waals surface area contributed by atoms with Crippen molar-refractivity contribution in [1.29, 1.82) is 0 Å². The molecule has 0 aliphatic carbocycles. The number of ether oxygens (including phenoxy) is 2. The maximum absolute atomic E-state index is 9.58. The van der Waals surface area contributed by atoms with Crippen molar-refractivity contribution < 1.29 is 29.9 Å². The number of hydrogen-bond donors (Lipinski definition) is 4. The summed E-state index contributed by atoms with van der Waals surface area (Å²) in [4.78, 5) is 0. The lowest BCUT2D eigenvalue weighted by Crippen LogP contribution is -2.58. The molecule has 88 valence electrons. The molecular formula is C9H16O6. The van der Waals surface area contributed by atoms with Crippen molar-refractivity contribution in [3.05, 3.63) is 12.3 Å². The number of hydrogen-bond acceptors (Lipinski definition) is 6. The van der Waals surface area contributed by atoms with Gasteiger partial charge in [-0.1, -0.05) is 6.08 Å². The lowest BCUT2D eigenvalue weighted by Gasteiger charge is -2.39. The molecule has 0 aromatic heterocycles. The second-order valence-corrected chi connectivity index (χ2v) is 3.30. The zero-order valence-corrected chi connectivity index (χ0v) is 8.35. The quantitative estimate of drug-likeness (QED) is 0.425. The second-order valence-electron chi connectivity index (χ2n) is 3.30. The predicted molar refractivity (Wildman–Crippen MR) is 49.7 cm³/mol. The van der Waals surface area contributed by atoms with Gasteiger partial charge in [0, 0.05) is 0 Å². The van der Waals surface area contributed by atoms with E-state index in [1.807, 2.05) is 0 Å². The molecule has 0 spiro atoms. The van der Waals surface area contributed by atoms with Gasteiger partial charge in [-0.25, -0.2) is 0 Å². The Morgan fingerprint density at radius 1 is 1.27 bits per heavy atom. The lowest BCUT2D eigenvalue weighted by molar-refractivity contribution is -0.287. The van der Waals surface area contributed by atoms with E-state index in [4.69, 9.17) is 14.6 Å². The molecule has 0 radical (unpaired) electrons. The number of aliphatic hydroxyl groups is 4. The summed E-state index contributed by atoms with van der Waals surface area (Å²) in [6.07, 6.45) is -3.16. The van der Waals surface area contributed by atoms with E-state index in [0.29, 0.717) is 0 Å². The Morgan fingerprint density at radius 2 is 1.93 bits per heavy atom. The number of rotatable bonds is 3. The molecule has 6 nitrogen and oxygen atoms in total. The van der Waals surface area contributed by atoms with E-state index < -0.39 is 37.3 Å². The van der Waals surface area contributed by atoms with Crippen LogP contribution in [0, 0.1) is 0 Å². The van der Waals surface area contributed by atoms with Crippen LogP contribution in [-0.4, -0.2) is 57.7 Å². The van der Waals surface area contributed by atoms with Crippen LogP contribution in [-0.2, 0) is 9.47 Å². The summed E-state index contributed by atoms with van der Waals surface area (Å²) in [7, 11) is 0. The van der Waals surface area contributed by atoms with Crippen molar-refractivity contribution >= 4 is 0 Å².